The molecule has 30 heavy (non-hydrogen) atoms. The Morgan fingerprint density at radius 2 is 0.833 bits per heavy atom. The highest BCUT2D eigenvalue weighted by Crippen LogP contribution is 2.37. The molecular formula is C29H37N. The monoisotopic (exact) mass is 399 g/mol. The lowest BCUT2D eigenvalue weighted by Gasteiger charge is -2.29. The van der Waals surface area contributed by atoms with E-state index in [0.717, 1.165) is 12.8 Å². The van der Waals surface area contributed by atoms with Crippen LogP contribution >= 0.6 is 0 Å². The van der Waals surface area contributed by atoms with Gasteiger partial charge in [-0.25, -0.2) is 0 Å². The van der Waals surface area contributed by atoms with Crippen LogP contribution < -0.4 is 4.90 Å². The standard InChI is InChI=1S/C29H37N/c1-8-28(4,5)23-12-18-26(19-13-23)30(25-16-10-22(3)11-17-25)27-20-14-24(15-21-27)29(6,7)9-2/h10-21H,8-9H2,1-7H3. The number of aryl methyl sites for hydroxylation is 1. The van der Waals surface area contributed by atoms with Crippen LogP contribution in [0.1, 0.15) is 71.1 Å². The summed E-state index contributed by atoms with van der Waals surface area (Å²) in [5.74, 6) is 0. The molecule has 0 unspecified atom stereocenters. The molecule has 3 rings (SSSR count). The molecule has 3 aromatic rings. The zero-order valence-corrected chi connectivity index (χ0v) is 19.8. The molecule has 158 valence electrons. The minimum absolute atomic E-state index is 0.195. The van der Waals surface area contributed by atoms with Gasteiger partial charge in [0, 0.05) is 17.1 Å². The van der Waals surface area contributed by atoms with Gasteiger partial charge >= 0.3 is 0 Å². The lowest BCUT2D eigenvalue weighted by molar-refractivity contribution is 0.506. The number of rotatable bonds is 7. The molecule has 0 aromatic heterocycles. The number of nitrogens with zero attached hydrogens (tertiary/aromatic N) is 1. The molecule has 0 amide bonds. The summed E-state index contributed by atoms with van der Waals surface area (Å²) in [5.41, 5.74) is 8.01. The molecule has 0 heterocycles. The van der Waals surface area contributed by atoms with Crippen molar-refractivity contribution in [1.29, 1.82) is 0 Å². The third-order valence-corrected chi connectivity index (χ3v) is 6.87. The lowest BCUT2D eigenvalue weighted by Crippen LogP contribution is -2.17. The first-order valence-electron chi connectivity index (χ1n) is 11.3. The van der Waals surface area contributed by atoms with Gasteiger partial charge in [0.05, 0.1) is 0 Å². The Kier molecular flexibility index (Phi) is 6.41. The maximum atomic E-state index is 2.35. The van der Waals surface area contributed by atoms with Crippen molar-refractivity contribution in [3.05, 3.63) is 89.5 Å². The van der Waals surface area contributed by atoms with Crippen LogP contribution in [0.25, 0.3) is 0 Å². The van der Waals surface area contributed by atoms with Crippen LogP contribution in [0.2, 0.25) is 0 Å². The summed E-state index contributed by atoms with van der Waals surface area (Å²) in [5, 5.41) is 0. The first kappa shape index (κ1) is 22.2. The Labute approximate surface area is 183 Å². The highest BCUT2D eigenvalue weighted by atomic mass is 15.1. The molecule has 0 aliphatic heterocycles. The number of benzene rings is 3. The molecule has 0 radical (unpaired) electrons. The molecule has 0 bridgehead atoms. The predicted octanol–water partition coefficient (Wildman–Crippen LogP) is 8.84. The molecule has 0 fully saturated rings. The fraction of sp³-hybridized carbons (Fsp3) is 0.379. The fourth-order valence-corrected chi connectivity index (χ4v) is 3.67. The second kappa shape index (κ2) is 8.68. The van der Waals surface area contributed by atoms with E-state index in [-0.39, 0.29) is 10.8 Å². The van der Waals surface area contributed by atoms with E-state index in [1.807, 2.05) is 0 Å². The fourth-order valence-electron chi connectivity index (χ4n) is 3.67. The van der Waals surface area contributed by atoms with Crippen LogP contribution in [0.4, 0.5) is 17.1 Å². The zero-order chi connectivity index (χ0) is 21.9. The van der Waals surface area contributed by atoms with E-state index in [0.29, 0.717) is 0 Å². The van der Waals surface area contributed by atoms with Crippen molar-refractivity contribution in [2.45, 2.75) is 72.1 Å². The van der Waals surface area contributed by atoms with Crippen LogP contribution in [-0.2, 0) is 10.8 Å². The number of anilines is 3. The van der Waals surface area contributed by atoms with Gasteiger partial charge in [-0.05, 0) is 78.1 Å². The summed E-state index contributed by atoms with van der Waals surface area (Å²) < 4.78 is 0. The molecule has 0 N–H and O–H groups in total. The third-order valence-electron chi connectivity index (χ3n) is 6.87. The molecular weight excluding hydrogens is 362 g/mol. The van der Waals surface area contributed by atoms with Crippen LogP contribution in [-0.4, -0.2) is 0 Å². The molecule has 0 atom stereocenters. The summed E-state index contributed by atoms with van der Waals surface area (Å²) >= 11 is 0. The first-order valence-corrected chi connectivity index (χ1v) is 11.3. The molecule has 0 aliphatic carbocycles. The van der Waals surface area contributed by atoms with Gasteiger partial charge in [0.1, 0.15) is 0 Å². The van der Waals surface area contributed by atoms with Gasteiger partial charge in [-0.2, -0.15) is 0 Å². The molecule has 0 saturated heterocycles. The third kappa shape index (κ3) is 4.61. The van der Waals surface area contributed by atoms with Crippen molar-refractivity contribution in [1.82, 2.24) is 0 Å². The summed E-state index contributed by atoms with van der Waals surface area (Å²) in [7, 11) is 0. The first-order chi connectivity index (χ1) is 14.2. The predicted molar refractivity (Wildman–Crippen MR) is 132 cm³/mol. The summed E-state index contributed by atoms with van der Waals surface area (Å²) in [6.07, 6.45) is 2.26. The maximum absolute atomic E-state index is 2.35. The summed E-state index contributed by atoms with van der Waals surface area (Å²) in [6.45, 7) is 15.9. The topological polar surface area (TPSA) is 3.24 Å². The smallest absolute Gasteiger partial charge is 0.0461 e. The minimum atomic E-state index is 0.195. The van der Waals surface area contributed by atoms with E-state index in [4.69, 9.17) is 0 Å². The average Bonchev–Trinajstić information content (AvgIpc) is 2.76. The van der Waals surface area contributed by atoms with E-state index in [2.05, 4.69) is 126 Å². The van der Waals surface area contributed by atoms with Crippen molar-refractivity contribution in [3.8, 4) is 0 Å². The van der Waals surface area contributed by atoms with Crippen molar-refractivity contribution in [2.75, 3.05) is 4.90 Å². The molecule has 1 nitrogen and oxygen atoms in total. The second-order valence-corrected chi connectivity index (χ2v) is 9.74. The van der Waals surface area contributed by atoms with E-state index in [9.17, 15) is 0 Å². The number of hydrogen-bond donors (Lipinski definition) is 0. The minimum Gasteiger partial charge on any atom is -0.311 e. The zero-order valence-electron chi connectivity index (χ0n) is 19.8. The Balaban J connectivity index is 2.05. The Morgan fingerprint density at radius 1 is 0.533 bits per heavy atom. The largest absolute Gasteiger partial charge is 0.311 e. The molecule has 0 saturated carbocycles. The molecule has 3 aromatic carbocycles. The molecule has 0 spiro atoms. The highest BCUT2D eigenvalue weighted by molar-refractivity contribution is 5.76. The SMILES string of the molecule is CCC(C)(C)c1ccc(N(c2ccc(C)cc2)c2ccc(C(C)(C)CC)cc2)cc1. The maximum Gasteiger partial charge on any atom is 0.0461 e. The number of hydrogen-bond acceptors (Lipinski definition) is 1. The highest BCUT2D eigenvalue weighted by Gasteiger charge is 2.21. The normalized spacial score (nSPS) is 12.1. The van der Waals surface area contributed by atoms with Crippen molar-refractivity contribution < 1.29 is 0 Å². The van der Waals surface area contributed by atoms with Crippen LogP contribution in [0.15, 0.2) is 72.8 Å². The summed E-state index contributed by atoms with van der Waals surface area (Å²) in [4.78, 5) is 2.35. The molecule has 0 aliphatic rings. The van der Waals surface area contributed by atoms with E-state index in [1.165, 1.54) is 33.8 Å². The van der Waals surface area contributed by atoms with Gasteiger partial charge in [0.2, 0.25) is 0 Å². The van der Waals surface area contributed by atoms with Crippen LogP contribution in [0.3, 0.4) is 0 Å². The van der Waals surface area contributed by atoms with Crippen LogP contribution in [0.5, 0.6) is 0 Å². The van der Waals surface area contributed by atoms with Gasteiger partial charge in [-0.15, -0.1) is 0 Å². The van der Waals surface area contributed by atoms with E-state index >= 15 is 0 Å². The van der Waals surface area contributed by atoms with Crippen LogP contribution in [0, 0.1) is 6.92 Å². The van der Waals surface area contributed by atoms with E-state index < -0.39 is 0 Å². The van der Waals surface area contributed by atoms with Gasteiger partial charge in [0.15, 0.2) is 0 Å². The Bertz CT molecular complexity index is 885. The van der Waals surface area contributed by atoms with Gasteiger partial charge < -0.3 is 4.90 Å². The quantitative estimate of drug-likeness (QED) is 0.383. The summed E-state index contributed by atoms with van der Waals surface area (Å²) in [6, 6.07) is 27.0. The molecule has 1 heteroatoms. The Morgan fingerprint density at radius 3 is 1.13 bits per heavy atom. The second-order valence-electron chi connectivity index (χ2n) is 9.74. The van der Waals surface area contributed by atoms with Crippen molar-refractivity contribution in [3.63, 3.8) is 0 Å². The van der Waals surface area contributed by atoms with E-state index in [1.54, 1.807) is 0 Å². The van der Waals surface area contributed by atoms with Crippen molar-refractivity contribution in [2.24, 2.45) is 0 Å². The van der Waals surface area contributed by atoms with Crippen molar-refractivity contribution >= 4 is 17.1 Å². The lowest BCUT2D eigenvalue weighted by atomic mass is 9.82. The average molecular weight is 400 g/mol. The van der Waals surface area contributed by atoms with Gasteiger partial charge in [-0.3, -0.25) is 0 Å². The Hall–Kier alpha value is -2.54. The van der Waals surface area contributed by atoms with Gasteiger partial charge in [0.25, 0.3) is 0 Å². The van der Waals surface area contributed by atoms with Gasteiger partial charge in [-0.1, -0.05) is 83.5 Å².